The SMILES string of the molecule is CN(C)C(=O)Nc1cc(-c2ccncc2)c[nH]c1=O. The van der Waals surface area contributed by atoms with Crippen molar-refractivity contribution in [3.8, 4) is 11.1 Å². The fourth-order valence-corrected chi connectivity index (χ4v) is 1.51. The van der Waals surface area contributed by atoms with Crippen molar-refractivity contribution in [3.63, 3.8) is 0 Å². The minimum Gasteiger partial charge on any atom is -0.331 e. The number of urea groups is 1. The number of hydrogen-bond acceptors (Lipinski definition) is 3. The second-order valence-corrected chi connectivity index (χ2v) is 4.19. The van der Waals surface area contributed by atoms with Gasteiger partial charge >= 0.3 is 6.03 Å². The first-order valence-corrected chi connectivity index (χ1v) is 5.69. The van der Waals surface area contributed by atoms with E-state index in [0.717, 1.165) is 11.1 Å². The lowest BCUT2D eigenvalue weighted by Gasteiger charge is -2.12. The second-order valence-electron chi connectivity index (χ2n) is 4.19. The van der Waals surface area contributed by atoms with E-state index in [-0.39, 0.29) is 17.3 Å². The monoisotopic (exact) mass is 258 g/mol. The van der Waals surface area contributed by atoms with Crippen LogP contribution in [0.2, 0.25) is 0 Å². The highest BCUT2D eigenvalue weighted by Gasteiger charge is 2.08. The van der Waals surface area contributed by atoms with Gasteiger partial charge in [0.05, 0.1) is 0 Å². The fraction of sp³-hybridized carbons (Fsp3) is 0.154. The van der Waals surface area contributed by atoms with E-state index < -0.39 is 0 Å². The van der Waals surface area contributed by atoms with Crippen LogP contribution in [0.15, 0.2) is 41.6 Å². The third-order valence-electron chi connectivity index (χ3n) is 2.56. The highest BCUT2D eigenvalue weighted by Crippen LogP contribution is 2.18. The molecule has 2 aromatic heterocycles. The largest absolute Gasteiger partial charge is 0.331 e. The lowest BCUT2D eigenvalue weighted by atomic mass is 10.1. The van der Waals surface area contributed by atoms with Crippen LogP contribution in [-0.2, 0) is 0 Å². The molecule has 0 unspecified atom stereocenters. The zero-order valence-corrected chi connectivity index (χ0v) is 10.7. The number of carbonyl (C=O) groups is 1. The number of H-pyrrole nitrogens is 1. The maximum absolute atomic E-state index is 11.7. The summed E-state index contributed by atoms with van der Waals surface area (Å²) < 4.78 is 0. The Balaban J connectivity index is 2.35. The van der Waals surface area contributed by atoms with Gasteiger partial charge < -0.3 is 15.2 Å². The van der Waals surface area contributed by atoms with Crippen LogP contribution in [0.5, 0.6) is 0 Å². The van der Waals surface area contributed by atoms with Crippen molar-refractivity contribution < 1.29 is 4.79 Å². The molecule has 2 amide bonds. The van der Waals surface area contributed by atoms with Crippen LogP contribution in [0, 0.1) is 0 Å². The van der Waals surface area contributed by atoms with Gasteiger partial charge in [-0.05, 0) is 23.8 Å². The van der Waals surface area contributed by atoms with Crippen molar-refractivity contribution in [2.24, 2.45) is 0 Å². The number of carbonyl (C=O) groups excluding carboxylic acids is 1. The molecule has 0 saturated carbocycles. The van der Waals surface area contributed by atoms with Crippen LogP contribution < -0.4 is 10.9 Å². The highest BCUT2D eigenvalue weighted by molar-refractivity contribution is 5.89. The molecule has 0 fully saturated rings. The van der Waals surface area contributed by atoms with Crippen LogP contribution in [-0.4, -0.2) is 35.0 Å². The number of pyridine rings is 2. The third kappa shape index (κ3) is 2.98. The van der Waals surface area contributed by atoms with Crippen LogP contribution in [0.1, 0.15) is 0 Å². The van der Waals surface area contributed by atoms with Crippen molar-refractivity contribution in [2.45, 2.75) is 0 Å². The van der Waals surface area contributed by atoms with Gasteiger partial charge in [0, 0.05) is 38.2 Å². The van der Waals surface area contributed by atoms with Gasteiger partial charge in [-0.1, -0.05) is 0 Å². The van der Waals surface area contributed by atoms with Gasteiger partial charge in [0.25, 0.3) is 5.56 Å². The number of aromatic nitrogens is 2. The predicted octanol–water partition coefficient (Wildman–Crippen LogP) is 1.53. The molecule has 2 N–H and O–H groups in total. The Hall–Kier alpha value is -2.63. The molecule has 98 valence electrons. The van der Waals surface area contributed by atoms with Crippen molar-refractivity contribution in [3.05, 3.63) is 47.1 Å². The standard InChI is InChI=1S/C13H14N4O2/c1-17(2)13(19)16-11-7-10(8-15-12(11)18)9-3-5-14-6-4-9/h3-8H,1-2H3,(H,15,18)(H,16,19). The summed E-state index contributed by atoms with van der Waals surface area (Å²) in [5.41, 5.74) is 1.59. The quantitative estimate of drug-likeness (QED) is 0.857. The van der Waals surface area contributed by atoms with Gasteiger partial charge in [-0.25, -0.2) is 4.79 Å². The molecule has 2 rings (SSSR count). The van der Waals surface area contributed by atoms with Gasteiger partial charge in [-0.2, -0.15) is 0 Å². The van der Waals surface area contributed by atoms with E-state index in [4.69, 9.17) is 0 Å². The molecule has 6 heteroatoms. The maximum Gasteiger partial charge on any atom is 0.321 e. The van der Waals surface area contributed by atoms with E-state index in [1.54, 1.807) is 38.8 Å². The summed E-state index contributed by atoms with van der Waals surface area (Å²) in [7, 11) is 3.21. The highest BCUT2D eigenvalue weighted by atomic mass is 16.2. The van der Waals surface area contributed by atoms with Crippen LogP contribution >= 0.6 is 0 Å². The van der Waals surface area contributed by atoms with E-state index >= 15 is 0 Å². The Morgan fingerprint density at radius 3 is 2.58 bits per heavy atom. The number of hydrogen-bond donors (Lipinski definition) is 2. The molecule has 0 bridgehead atoms. The molecule has 0 aromatic carbocycles. The van der Waals surface area contributed by atoms with Crippen LogP contribution in [0.3, 0.4) is 0 Å². The Morgan fingerprint density at radius 2 is 1.95 bits per heavy atom. The normalized spacial score (nSPS) is 10.0. The summed E-state index contributed by atoms with van der Waals surface area (Å²) in [4.78, 5) is 31.1. The fourth-order valence-electron chi connectivity index (χ4n) is 1.51. The van der Waals surface area contributed by atoms with Gasteiger partial charge in [-0.15, -0.1) is 0 Å². The summed E-state index contributed by atoms with van der Waals surface area (Å²) in [6.45, 7) is 0. The Kier molecular flexibility index (Phi) is 3.61. The molecular formula is C13H14N4O2. The molecule has 0 aliphatic carbocycles. The number of amides is 2. The molecule has 19 heavy (non-hydrogen) atoms. The molecule has 0 aliphatic rings. The van der Waals surface area contributed by atoms with Crippen molar-refractivity contribution >= 4 is 11.7 Å². The smallest absolute Gasteiger partial charge is 0.321 e. The zero-order chi connectivity index (χ0) is 13.8. The molecule has 0 aliphatic heterocycles. The molecule has 2 aromatic rings. The Bertz CT molecular complexity index is 635. The number of nitrogens with zero attached hydrogens (tertiary/aromatic N) is 2. The summed E-state index contributed by atoms with van der Waals surface area (Å²) in [5, 5.41) is 2.55. The minimum atomic E-state index is -0.350. The van der Waals surface area contributed by atoms with Gasteiger partial charge in [0.1, 0.15) is 5.69 Å². The number of rotatable bonds is 2. The molecule has 0 saturated heterocycles. The van der Waals surface area contributed by atoms with Gasteiger partial charge in [0.15, 0.2) is 0 Å². The third-order valence-corrected chi connectivity index (χ3v) is 2.56. The predicted molar refractivity (Wildman–Crippen MR) is 73.0 cm³/mol. The molecule has 0 atom stereocenters. The first kappa shape index (κ1) is 12.8. The van der Waals surface area contributed by atoms with E-state index in [1.165, 1.54) is 4.90 Å². The number of nitrogens with one attached hydrogen (secondary N) is 2. The van der Waals surface area contributed by atoms with Crippen molar-refractivity contribution in [2.75, 3.05) is 19.4 Å². The van der Waals surface area contributed by atoms with E-state index in [9.17, 15) is 9.59 Å². The average Bonchev–Trinajstić information content (AvgIpc) is 2.42. The number of anilines is 1. The van der Waals surface area contributed by atoms with Crippen molar-refractivity contribution in [1.29, 1.82) is 0 Å². The van der Waals surface area contributed by atoms with Gasteiger partial charge in [-0.3, -0.25) is 9.78 Å². The van der Waals surface area contributed by atoms with Crippen molar-refractivity contribution in [1.82, 2.24) is 14.9 Å². The molecule has 0 radical (unpaired) electrons. The first-order valence-electron chi connectivity index (χ1n) is 5.69. The zero-order valence-electron chi connectivity index (χ0n) is 10.7. The molecule has 0 spiro atoms. The average molecular weight is 258 g/mol. The Labute approximate surface area is 110 Å². The molecule has 2 heterocycles. The minimum absolute atomic E-state index is 0.216. The molecule has 6 nitrogen and oxygen atoms in total. The second kappa shape index (κ2) is 5.34. The lowest BCUT2D eigenvalue weighted by Crippen LogP contribution is -2.30. The van der Waals surface area contributed by atoms with Crippen LogP contribution in [0.25, 0.3) is 11.1 Å². The summed E-state index contributed by atoms with van der Waals surface area (Å²) >= 11 is 0. The van der Waals surface area contributed by atoms with Gasteiger partial charge in [0.2, 0.25) is 0 Å². The Morgan fingerprint density at radius 1 is 1.26 bits per heavy atom. The van der Waals surface area contributed by atoms with E-state index in [2.05, 4.69) is 15.3 Å². The van der Waals surface area contributed by atoms with E-state index in [1.807, 2.05) is 12.1 Å². The maximum atomic E-state index is 11.7. The van der Waals surface area contributed by atoms with E-state index in [0.29, 0.717) is 0 Å². The summed E-state index contributed by atoms with van der Waals surface area (Å²) in [6.07, 6.45) is 4.93. The lowest BCUT2D eigenvalue weighted by molar-refractivity contribution is 0.230. The number of aromatic amines is 1. The van der Waals surface area contributed by atoms with Crippen LogP contribution in [0.4, 0.5) is 10.5 Å². The first-order chi connectivity index (χ1) is 9.08. The summed E-state index contributed by atoms with van der Waals surface area (Å²) in [5.74, 6) is 0. The topological polar surface area (TPSA) is 78.1 Å². The molecular weight excluding hydrogens is 244 g/mol. The summed E-state index contributed by atoms with van der Waals surface area (Å²) in [6, 6.07) is 4.93.